The van der Waals surface area contributed by atoms with E-state index in [9.17, 15) is 10.1 Å². The smallest absolute Gasteiger partial charge is 0.353 e. The lowest BCUT2D eigenvalue weighted by atomic mass is 9.83. The monoisotopic (exact) mass is 454 g/mol. The van der Waals surface area contributed by atoms with E-state index in [1.54, 1.807) is 30.3 Å². The van der Waals surface area contributed by atoms with Crippen LogP contribution >= 0.6 is 11.3 Å². The molecule has 0 radical (unpaired) electrons. The van der Waals surface area contributed by atoms with Crippen molar-refractivity contribution < 1.29 is 14.3 Å². The van der Waals surface area contributed by atoms with Gasteiger partial charge >= 0.3 is 5.97 Å². The number of esters is 1. The highest BCUT2D eigenvalue weighted by Crippen LogP contribution is 2.46. The molecule has 3 N–H and O–H groups in total. The maximum Gasteiger partial charge on any atom is 0.353 e. The van der Waals surface area contributed by atoms with E-state index in [-0.39, 0.29) is 11.5 Å². The first-order chi connectivity index (χ1) is 16.0. The van der Waals surface area contributed by atoms with Crippen molar-refractivity contribution in [1.82, 2.24) is 10.2 Å². The standard InChI is InChI=1S/C25H18N4O3S/c1-14-7-9-15(10-8-14)22-21-20(18(13-26)23(27)32-24(21)29-28-22)16-4-2-5-17(12-16)31-25(30)19-6-3-11-33-19/h2-12,20H,27H2,1H3,(H,28,29)/t20-/m1/s1. The zero-order chi connectivity index (χ0) is 22.9. The van der Waals surface area contributed by atoms with Gasteiger partial charge in [-0.25, -0.2) is 4.79 Å². The summed E-state index contributed by atoms with van der Waals surface area (Å²) in [4.78, 5) is 12.9. The van der Waals surface area contributed by atoms with Gasteiger partial charge in [-0.1, -0.05) is 48.0 Å². The second kappa shape index (κ2) is 8.30. The van der Waals surface area contributed by atoms with Crippen LogP contribution in [0.15, 0.2) is 77.5 Å². The molecule has 0 spiro atoms. The summed E-state index contributed by atoms with van der Waals surface area (Å²) in [6.45, 7) is 2.01. The van der Waals surface area contributed by atoms with Crippen molar-refractivity contribution in [2.45, 2.75) is 12.8 Å². The number of fused-ring (bicyclic) bond motifs is 1. The molecule has 1 atom stereocenters. The molecule has 2 aromatic carbocycles. The van der Waals surface area contributed by atoms with Crippen LogP contribution in [0.4, 0.5) is 0 Å². The van der Waals surface area contributed by atoms with Gasteiger partial charge in [0.25, 0.3) is 0 Å². The molecule has 0 bridgehead atoms. The minimum atomic E-state index is -0.547. The summed E-state index contributed by atoms with van der Waals surface area (Å²) in [6.07, 6.45) is 0. The summed E-state index contributed by atoms with van der Waals surface area (Å²) >= 11 is 1.31. The third-order valence-electron chi connectivity index (χ3n) is 5.40. The van der Waals surface area contributed by atoms with Crippen LogP contribution in [-0.4, -0.2) is 16.2 Å². The fourth-order valence-corrected chi connectivity index (χ4v) is 4.43. The van der Waals surface area contributed by atoms with E-state index >= 15 is 0 Å². The normalized spacial score (nSPS) is 14.8. The largest absolute Gasteiger partial charge is 0.422 e. The maximum absolute atomic E-state index is 12.4. The third-order valence-corrected chi connectivity index (χ3v) is 6.25. The van der Waals surface area contributed by atoms with E-state index in [1.807, 2.05) is 42.6 Å². The van der Waals surface area contributed by atoms with E-state index in [0.29, 0.717) is 22.1 Å². The molecular weight excluding hydrogens is 436 g/mol. The minimum absolute atomic E-state index is 0.00191. The van der Waals surface area contributed by atoms with Crippen molar-refractivity contribution in [2.75, 3.05) is 0 Å². The Hall–Kier alpha value is -4.35. The average Bonchev–Trinajstić information content (AvgIpc) is 3.49. The van der Waals surface area contributed by atoms with Gasteiger partial charge in [-0.15, -0.1) is 16.4 Å². The van der Waals surface area contributed by atoms with Crippen molar-refractivity contribution in [2.24, 2.45) is 5.73 Å². The fourth-order valence-electron chi connectivity index (χ4n) is 3.83. The number of nitrogens with one attached hydrogen (secondary N) is 1. The SMILES string of the molecule is Cc1ccc(-c2[nH]nc3c2[C@H](c2cccc(OC(=O)c4cccs4)c2)C(C#N)=C(N)O3)cc1. The Kier molecular flexibility index (Phi) is 5.17. The molecule has 2 aromatic heterocycles. The summed E-state index contributed by atoms with van der Waals surface area (Å²) in [5.41, 5.74) is 10.5. The topological polar surface area (TPSA) is 114 Å². The van der Waals surface area contributed by atoms with Crippen molar-refractivity contribution in [3.8, 4) is 29.0 Å². The lowest BCUT2D eigenvalue weighted by Gasteiger charge is -2.24. The first-order valence-corrected chi connectivity index (χ1v) is 11.0. The highest BCUT2D eigenvalue weighted by Gasteiger charge is 2.35. The second-order valence-electron chi connectivity index (χ2n) is 7.55. The van der Waals surface area contributed by atoms with Gasteiger partial charge in [0.15, 0.2) is 0 Å². The lowest BCUT2D eigenvalue weighted by Crippen LogP contribution is -2.21. The Morgan fingerprint density at radius 3 is 2.76 bits per heavy atom. The van der Waals surface area contributed by atoms with Gasteiger partial charge in [0.1, 0.15) is 22.3 Å². The molecule has 33 heavy (non-hydrogen) atoms. The van der Waals surface area contributed by atoms with Crippen LogP contribution in [0.2, 0.25) is 0 Å². The number of thiophene rings is 1. The molecule has 0 saturated heterocycles. The molecule has 0 saturated carbocycles. The number of benzene rings is 2. The third kappa shape index (κ3) is 3.75. The number of nitrogens with two attached hydrogens (primary N) is 1. The predicted molar refractivity (Wildman–Crippen MR) is 124 cm³/mol. The van der Waals surface area contributed by atoms with Crippen LogP contribution < -0.4 is 15.2 Å². The van der Waals surface area contributed by atoms with E-state index < -0.39 is 11.9 Å². The fraction of sp³-hybridized carbons (Fsp3) is 0.0800. The Morgan fingerprint density at radius 2 is 2.03 bits per heavy atom. The predicted octanol–water partition coefficient (Wildman–Crippen LogP) is 4.88. The maximum atomic E-state index is 12.4. The van der Waals surface area contributed by atoms with Gasteiger partial charge in [0, 0.05) is 5.56 Å². The number of aromatic nitrogens is 2. The zero-order valence-electron chi connectivity index (χ0n) is 17.5. The van der Waals surface area contributed by atoms with Gasteiger partial charge < -0.3 is 15.2 Å². The van der Waals surface area contributed by atoms with Crippen LogP contribution in [0.1, 0.15) is 32.3 Å². The summed E-state index contributed by atoms with van der Waals surface area (Å²) in [5, 5.41) is 19.1. The Balaban J connectivity index is 1.59. The number of aromatic amines is 1. The van der Waals surface area contributed by atoms with Crippen LogP contribution in [-0.2, 0) is 0 Å². The Bertz CT molecular complexity index is 1410. The molecule has 5 rings (SSSR count). The number of rotatable bonds is 4. The minimum Gasteiger partial charge on any atom is -0.422 e. The molecule has 0 amide bonds. The zero-order valence-corrected chi connectivity index (χ0v) is 18.3. The van der Waals surface area contributed by atoms with Crippen LogP contribution in [0, 0.1) is 18.3 Å². The number of nitriles is 1. The quantitative estimate of drug-likeness (QED) is 0.335. The van der Waals surface area contributed by atoms with Gasteiger partial charge in [0.2, 0.25) is 11.8 Å². The van der Waals surface area contributed by atoms with Crippen molar-refractivity contribution in [3.63, 3.8) is 0 Å². The average molecular weight is 455 g/mol. The second-order valence-corrected chi connectivity index (χ2v) is 8.50. The number of hydrogen-bond acceptors (Lipinski definition) is 7. The molecule has 1 aliphatic heterocycles. The number of aryl methyl sites for hydroxylation is 1. The van der Waals surface area contributed by atoms with Crippen LogP contribution in [0.5, 0.6) is 11.6 Å². The van der Waals surface area contributed by atoms with Gasteiger partial charge in [-0.2, -0.15) is 5.26 Å². The van der Waals surface area contributed by atoms with E-state index in [4.69, 9.17) is 15.2 Å². The van der Waals surface area contributed by atoms with Gasteiger partial charge in [-0.05, 0) is 36.1 Å². The highest BCUT2D eigenvalue weighted by atomic mass is 32.1. The highest BCUT2D eigenvalue weighted by molar-refractivity contribution is 7.12. The Labute approximate surface area is 193 Å². The number of carbonyl (C=O) groups is 1. The van der Waals surface area contributed by atoms with E-state index in [1.165, 1.54) is 11.3 Å². The van der Waals surface area contributed by atoms with Crippen molar-refractivity contribution >= 4 is 17.3 Å². The summed E-state index contributed by atoms with van der Waals surface area (Å²) in [6, 6.07) is 20.7. The van der Waals surface area contributed by atoms with Crippen LogP contribution in [0.25, 0.3) is 11.3 Å². The molecule has 0 unspecified atom stereocenters. The van der Waals surface area contributed by atoms with Gasteiger partial charge in [-0.3, -0.25) is 5.10 Å². The molecule has 3 heterocycles. The summed E-state index contributed by atoms with van der Waals surface area (Å²) in [7, 11) is 0. The first-order valence-electron chi connectivity index (χ1n) is 10.1. The number of carbonyl (C=O) groups excluding carboxylic acids is 1. The van der Waals surface area contributed by atoms with Crippen LogP contribution in [0.3, 0.4) is 0 Å². The molecule has 162 valence electrons. The number of ether oxygens (including phenoxy) is 2. The van der Waals surface area contributed by atoms with E-state index in [2.05, 4.69) is 16.3 Å². The summed E-state index contributed by atoms with van der Waals surface area (Å²) < 4.78 is 11.2. The number of allylic oxidation sites excluding steroid dienone is 1. The van der Waals surface area contributed by atoms with Gasteiger partial charge in [0.05, 0.1) is 17.2 Å². The number of H-pyrrole nitrogens is 1. The molecule has 8 heteroatoms. The molecular formula is C25H18N4O3S. The van der Waals surface area contributed by atoms with Crippen molar-refractivity contribution in [1.29, 1.82) is 5.26 Å². The molecule has 0 fully saturated rings. The lowest BCUT2D eigenvalue weighted by molar-refractivity contribution is 0.0739. The van der Waals surface area contributed by atoms with E-state index in [0.717, 1.165) is 22.4 Å². The molecule has 0 aliphatic carbocycles. The summed E-state index contributed by atoms with van der Waals surface area (Å²) in [5.74, 6) is -0.301. The number of hydrogen-bond donors (Lipinski definition) is 2. The molecule has 1 aliphatic rings. The number of nitrogens with zero attached hydrogens (tertiary/aromatic N) is 2. The molecule has 7 nitrogen and oxygen atoms in total. The Morgan fingerprint density at radius 1 is 1.21 bits per heavy atom. The first kappa shape index (κ1) is 20.5. The molecule has 4 aromatic rings. The van der Waals surface area contributed by atoms with Crippen molar-refractivity contribution in [3.05, 3.63) is 99.1 Å².